The Bertz CT molecular complexity index is 1550. The van der Waals surface area contributed by atoms with Crippen molar-refractivity contribution in [3.8, 4) is 6.07 Å². The fraction of sp³-hybridized carbons (Fsp3) is 0.486. The summed E-state index contributed by atoms with van der Waals surface area (Å²) in [7, 11) is -0.707. The van der Waals surface area contributed by atoms with Crippen LogP contribution in [0, 0.1) is 22.7 Å². The number of carbonyl (C=O) groups is 3. The summed E-state index contributed by atoms with van der Waals surface area (Å²) in [5, 5.41) is 15.1. The Morgan fingerprint density at radius 3 is 2.00 bits per heavy atom. The molecule has 3 amide bonds. The third-order valence-corrected chi connectivity index (χ3v) is 9.34. The Morgan fingerprint density at radius 1 is 0.957 bits per heavy atom. The van der Waals surface area contributed by atoms with E-state index in [9.17, 15) is 22.8 Å². The molecule has 2 aromatic rings. The number of hydrogen-bond donors (Lipinski definition) is 3. The molecule has 0 aromatic heterocycles. The van der Waals surface area contributed by atoms with Gasteiger partial charge in [0.2, 0.25) is 21.8 Å². The zero-order valence-electron chi connectivity index (χ0n) is 28.6. The number of nitrogens with one attached hydrogen (secondary N) is 3. The van der Waals surface area contributed by atoms with Gasteiger partial charge >= 0.3 is 0 Å². The van der Waals surface area contributed by atoms with Crippen LogP contribution in [0.2, 0.25) is 0 Å². The monoisotopic (exact) mass is 651 g/mol. The van der Waals surface area contributed by atoms with E-state index in [4.69, 9.17) is 5.26 Å². The summed E-state index contributed by atoms with van der Waals surface area (Å²) in [5.74, 6) is -2.06. The quantitative estimate of drug-likeness (QED) is 0.277. The second-order valence-corrected chi connectivity index (χ2v) is 15.4. The fourth-order valence-corrected chi connectivity index (χ4v) is 6.46. The van der Waals surface area contributed by atoms with E-state index in [-0.39, 0.29) is 23.3 Å². The largest absolute Gasteiger partial charge is 0.342 e. The van der Waals surface area contributed by atoms with Crippen LogP contribution in [0.1, 0.15) is 72.1 Å². The highest BCUT2D eigenvalue weighted by molar-refractivity contribution is 7.89. The minimum Gasteiger partial charge on any atom is -0.342 e. The van der Waals surface area contributed by atoms with Crippen LogP contribution >= 0.6 is 0 Å². The summed E-state index contributed by atoms with van der Waals surface area (Å²) in [6.45, 7) is 14.8. The van der Waals surface area contributed by atoms with E-state index in [0.29, 0.717) is 11.1 Å². The predicted octanol–water partition coefficient (Wildman–Crippen LogP) is 4.03. The van der Waals surface area contributed by atoms with Crippen LogP contribution < -0.4 is 15.4 Å². The third kappa shape index (κ3) is 9.99. The lowest BCUT2D eigenvalue weighted by Gasteiger charge is -2.40. The van der Waals surface area contributed by atoms with Gasteiger partial charge < -0.3 is 15.5 Å². The maximum atomic E-state index is 14.1. The highest BCUT2D eigenvalue weighted by atomic mass is 32.2. The molecule has 0 radical (unpaired) electrons. The smallest absolute Gasteiger partial charge is 0.260 e. The number of likely N-dealkylation sites (N-methyl/N-ethyl adjacent to an activating group) is 2. The molecule has 0 saturated carbocycles. The summed E-state index contributed by atoms with van der Waals surface area (Å²) in [6.07, 6.45) is 1.57. The maximum Gasteiger partial charge on any atom is 0.260 e. The molecule has 10 nitrogen and oxygen atoms in total. The first-order valence-electron chi connectivity index (χ1n) is 15.3. The third-order valence-electron chi connectivity index (χ3n) is 8.13. The fourth-order valence-electron chi connectivity index (χ4n) is 5.31. The second-order valence-electron chi connectivity index (χ2n) is 13.6. The Hall–Kier alpha value is -4.01. The summed E-state index contributed by atoms with van der Waals surface area (Å²) in [5.41, 5.74) is 0.664. The molecule has 0 unspecified atom stereocenters. The number of amides is 3. The molecule has 0 fully saturated rings. The van der Waals surface area contributed by atoms with E-state index in [1.807, 2.05) is 84.9 Å². The number of carbonyl (C=O) groups excluding carboxylic acids is 3. The molecule has 0 aliphatic rings. The molecule has 46 heavy (non-hydrogen) atoms. The van der Waals surface area contributed by atoms with Crippen LogP contribution in [0.3, 0.4) is 0 Å². The summed E-state index contributed by atoms with van der Waals surface area (Å²) < 4.78 is 27.6. The van der Waals surface area contributed by atoms with Crippen LogP contribution in [-0.2, 0) is 35.6 Å². The first-order valence-corrected chi connectivity index (χ1v) is 16.9. The Balaban J connectivity index is 2.28. The van der Waals surface area contributed by atoms with Gasteiger partial charge in [-0.25, -0.2) is 13.1 Å². The Morgan fingerprint density at radius 2 is 1.52 bits per heavy atom. The van der Waals surface area contributed by atoms with Crippen LogP contribution in [0.5, 0.6) is 0 Å². The van der Waals surface area contributed by atoms with Gasteiger partial charge in [-0.2, -0.15) is 5.26 Å². The van der Waals surface area contributed by atoms with Crippen molar-refractivity contribution >= 4 is 27.7 Å². The molecule has 0 bridgehead atoms. The lowest BCUT2D eigenvalue weighted by atomic mass is 9.76. The van der Waals surface area contributed by atoms with Gasteiger partial charge in [0.05, 0.1) is 29.5 Å². The van der Waals surface area contributed by atoms with Gasteiger partial charge in [0.15, 0.2) is 0 Å². The molecule has 0 saturated heterocycles. The highest BCUT2D eigenvalue weighted by Crippen LogP contribution is 2.29. The van der Waals surface area contributed by atoms with Crippen LogP contribution in [0.25, 0.3) is 0 Å². The maximum absolute atomic E-state index is 14.1. The number of benzene rings is 2. The van der Waals surface area contributed by atoms with E-state index in [2.05, 4.69) is 15.4 Å². The molecule has 11 heteroatoms. The SMILES string of the molecule is CN[C@H](C(=O)N[C@H](C(=O)N(C)[C@H](C=C(C)C(=O)NS(=O)(=O)Cc1ccc(C#N)cc1)C(C)C)C(C)(C)C)C(C)(C)c1ccccc1. The van der Waals surface area contributed by atoms with Crippen molar-refractivity contribution in [1.82, 2.24) is 20.3 Å². The van der Waals surface area contributed by atoms with Crippen molar-refractivity contribution in [3.63, 3.8) is 0 Å². The molecule has 0 aliphatic heterocycles. The average Bonchev–Trinajstić information content (AvgIpc) is 2.97. The molecule has 2 aromatic carbocycles. The lowest BCUT2D eigenvalue weighted by Crippen LogP contribution is -2.61. The molecule has 0 heterocycles. The number of nitrogens with zero attached hydrogens (tertiary/aromatic N) is 2. The van der Waals surface area contributed by atoms with Crippen molar-refractivity contribution in [3.05, 3.63) is 82.9 Å². The van der Waals surface area contributed by atoms with E-state index in [1.54, 1.807) is 20.2 Å². The Labute approximate surface area is 274 Å². The average molecular weight is 652 g/mol. The number of hydrogen-bond acceptors (Lipinski definition) is 7. The standard InChI is InChI=1S/C35H49N5O5S/c1-23(2)28(20-24(3)31(41)39-46(44,45)22-26-18-16-25(21-36)17-19-26)40(10)33(43)30(34(4,5)6)38-32(42)29(37-9)35(7,8)27-14-12-11-13-15-27/h11-20,23,28-30,37H,22H2,1-10H3,(H,38,42)(H,39,41)/t28-,29-,30-/m1/s1. The van der Waals surface area contributed by atoms with Gasteiger partial charge in [-0.05, 0) is 48.6 Å². The number of rotatable bonds is 13. The second kappa shape index (κ2) is 15.5. The van der Waals surface area contributed by atoms with Crippen molar-refractivity contribution in [2.24, 2.45) is 11.3 Å². The summed E-state index contributed by atoms with van der Waals surface area (Å²) >= 11 is 0. The van der Waals surface area contributed by atoms with Crippen LogP contribution in [-0.4, -0.2) is 63.3 Å². The lowest BCUT2D eigenvalue weighted by molar-refractivity contribution is -0.140. The van der Waals surface area contributed by atoms with Crippen LogP contribution in [0.15, 0.2) is 66.2 Å². The van der Waals surface area contributed by atoms with Gasteiger partial charge in [0.1, 0.15) is 6.04 Å². The first-order chi connectivity index (χ1) is 21.2. The van der Waals surface area contributed by atoms with Gasteiger partial charge in [-0.15, -0.1) is 0 Å². The van der Waals surface area contributed by atoms with Crippen LogP contribution in [0.4, 0.5) is 0 Å². The molecule has 2 rings (SSSR count). The molecule has 3 N–H and O–H groups in total. The highest BCUT2D eigenvalue weighted by Gasteiger charge is 2.41. The molecule has 3 atom stereocenters. The molecule has 250 valence electrons. The van der Waals surface area contributed by atoms with E-state index < -0.39 is 50.6 Å². The Kier molecular flexibility index (Phi) is 12.9. The topological polar surface area (TPSA) is 148 Å². The van der Waals surface area contributed by atoms with E-state index >= 15 is 0 Å². The summed E-state index contributed by atoms with van der Waals surface area (Å²) in [4.78, 5) is 42.3. The van der Waals surface area contributed by atoms with E-state index in [0.717, 1.165) is 5.56 Å². The first kappa shape index (κ1) is 38.2. The van der Waals surface area contributed by atoms with Crippen molar-refractivity contribution < 1.29 is 22.8 Å². The van der Waals surface area contributed by atoms with Gasteiger partial charge in [-0.3, -0.25) is 14.4 Å². The van der Waals surface area contributed by atoms with Gasteiger partial charge in [-0.1, -0.05) is 97.0 Å². The zero-order valence-corrected chi connectivity index (χ0v) is 29.5. The van der Waals surface area contributed by atoms with Crippen molar-refractivity contribution in [2.75, 3.05) is 14.1 Å². The van der Waals surface area contributed by atoms with Gasteiger partial charge in [0, 0.05) is 18.0 Å². The molecule has 0 aliphatic carbocycles. The van der Waals surface area contributed by atoms with Crippen molar-refractivity contribution in [2.45, 2.75) is 84.7 Å². The van der Waals surface area contributed by atoms with Crippen molar-refractivity contribution in [1.29, 1.82) is 5.26 Å². The van der Waals surface area contributed by atoms with Gasteiger partial charge in [0.25, 0.3) is 5.91 Å². The molecule has 0 spiro atoms. The summed E-state index contributed by atoms with van der Waals surface area (Å²) in [6, 6.07) is 15.6. The number of sulfonamides is 1. The van der Waals surface area contributed by atoms with E-state index in [1.165, 1.54) is 36.1 Å². The molecular weight excluding hydrogens is 602 g/mol. The number of nitriles is 1. The minimum absolute atomic E-state index is 0.123. The normalized spacial score (nSPS) is 14.5. The molecular formula is C35H49N5O5S. The predicted molar refractivity (Wildman–Crippen MR) is 181 cm³/mol. The minimum atomic E-state index is -4.04. The zero-order chi connectivity index (χ0) is 35.0.